The first-order chi connectivity index (χ1) is 6.69. The maximum Gasteiger partial charge on any atom is 0.161 e. The maximum absolute atomic E-state index is 12.6. The van der Waals surface area contributed by atoms with Crippen molar-refractivity contribution in [1.29, 1.82) is 0 Å². The Bertz CT molecular complexity index is 319. The normalized spacial score (nSPS) is 13.9. The Morgan fingerprint density at radius 2 is 2.00 bits per heavy atom. The van der Waals surface area contributed by atoms with Gasteiger partial charge in [0.25, 0.3) is 0 Å². The Kier molecular flexibility index (Phi) is 3.59. The molecular weight excluding hydrogens is 190 g/mol. The van der Waals surface area contributed by atoms with Gasteiger partial charge in [0.2, 0.25) is 0 Å². The molecule has 0 radical (unpaired) electrons. The topological polar surface area (TPSA) is 29.5 Å². The SMILES string of the molecule is COc1ccc(C(O)/C(F)=C/F)cc1. The molecule has 0 saturated heterocycles. The van der Waals surface area contributed by atoms with Crippen LogP contribution in [0.4, 0.5) is 8.78 Å². The lowest BCUT2D eigenvalue weighted by molar-refractivity contribution is 0.183. The number of hydrogen-bond donors (Lipinski definition) is 1. The summed E-state index contributed by atoms with van der Waals surface area (Å²) >= 11 is 0. The molecule has 1 N–H and O–H groups in total. The summed E-state index contributed by atoms with van der Waals surface area (Å²) in [7, 11) is 1.49. The van der Waals surface area contributed by atoms with Crippen molar-refractivity contribution >= 4 is 0 Å². The second kappa shape index (κ2) is 4.72. The van der Waals surface area contributed by atoms with Crippen LogP contribution < -0.4 is 4.74 Å². The first-order valence-electron chi connectivity index (χ1n) is 3.97. The van der Waals surface area contributed by atoms with Crippen LogP contribution in [0.3, 0.4) is 0 Å². The summed E-state index contributed by atoms with van der Waals surface area (Å²) in [4.78, 5) is 0. The minimum absolute atomic E-state index is 0.255. The molecule has 1 atom stereocenters. The fourth-order valence-corrected chi connectivity index (χ4v) is 1.01. The molecule has 2 nitrogen and oxygen atoms in total. The van der Waals surface area contributed by atoms with Crippen molar-refractivity contribution in [3.8, 4) is 5.75 Å². The Morgan fingerprint density at radius 3 is 2.43 bits per heavy atom. The number of benzene rings is 1. The first kappa shape index (κ1) is 10.7. The molecule has 0 heterocycles. The third kappa shape index (κ3) is 2.29. The molecular formula is C10H10F2O2. The molecule has 4 heteroatoms. The number of rotatable bonds is 3. The lowest BCUT2D eigenvalue weighted by Crippen LogP contribution is -1.97. The molecule has 0 aromatic heterocycles. The predicted octanol–water partition coefficient (Wildman–Crippen LogP) is 2.51. The van der Waals surface area contributed by atoms with Crippen LogP contribution in [-0.2, 0) is 0 Å². The van der Waals surface area contributed by atoms with Gasteiger partial charge in [-0.2, -0.15) is 0 Å². The van der Waals surface area contributed by atoms with Crippen LogP contribution in [0.15, 0.2) is 36.4 Å². The number of hydrogen-bond acceptors (Lipinski definition) is 2. The standard InChI is InChI=1S/C10H10F2O2/c1-14-8-4-2-7(3-5-8)10(13)9(12)6-11/h2-6,10,13H,1H3/b9-6-. The molecule has 0 spiro atoms. The predicted molar refractivity (Wildman–Crippen MR) is 48.3 cm³/mol. The van der Waals surface area contributed by atoms with Crippen LogP contribution in [0, 0.1) is 0 Å². The number of methoxy groups -OCH3 is 1. The largest absolute Gasteiger partial charge is 0.497 e. The molecule has 0 aliphatic rings. The third-order valence-electron chi connectivity index (χ3n) is 1.80. The van der Waals surface area contributed by atoms with E-state index < -0.39 is 11.9 Å². The Labute approximate surface area is 80.4 Å². The van der Waals surface area contributed by atoms with Gasteiger partial charge in [-0.3, -0.25) is 0 Å². The summed E-state index contributed by atoms with van der Waals surface area (Å²) in [6, 6.07) is 6.05. The van der Waals surface area contributed by atoms with Gasteiger partial charge in [-0.15, -0.1) is 0 Å². The van der Waals surface area contributed by atoms with Crippen LogP contribution in [0.5, 0.6) is 5.75 Å². The monoisotopic (exact) mass is 200 g/mol. The Morgan fingerprint density at radius 1 is 1.43 bits per heavy atom. The summed E-state index contributed by atoms with van der Waals surface area (Å²) in [5.74, 6) is -0.624. The van der Waals surface area contributed by atoms with Gasteiger partial charge >= 0.3 is 0 Å². The summed E-state index contributed by atoms with van der Waals surface area (Å²) in [6.45, 7) is 0. The van der Waals surface area contributed by atoms with Crippen LogP contribution in [0.25, 0.3) is 0 Å². The highest BCUT2D eigenvalue weighted by Gasteiger charge is 2.12. The molecule has 0 fully saturated rings. The second-order valence-corrected chi connectivity index (χ2v) is 2.67. The van der Waals surface area contributed by atoms with Crippen molar-refractivity contribution in [3.63, 3.8) is 0 Å². The summed E-state index contributed by atoms with van der Waals surface area (Å²) < 4.78 is 29.2. The summed E-state index contributed by atoms with van der Waals surface area (Å²) in [5, 5.41) is 9.23. The fourth-order valence-electron chi connectivity index (χ4n) is 1.01. The molecule has 1 unspecified atom stereocenters. The van der Waals surface area contributed by atoms with E-state index in [0.717, 1.165) is 0 Å². The summed E-state index contributed by atoms with van der Waals surface area (Å²) in [5.41, 5.74) is 0.275. The molecule has 0 aliphatic carbocycles. The van der Waals surface area contributed by atoms with Gasteiger partial charge in [-0.25, -0.2) is 8.78 Å². The minimum Gasteiger partial charge on any atom is -0.497 e. The van der Waals surface area contributed by atoms with Gasteiger partial charge in [-0.1, -0.05) is 12.1 Å². The zero-order valence-electron chi connectivity index (χ0n) is 7.58. The van der Waals surface area contributed by atoms with Crippen molar-refractivity contribution in [2.24, 2.45) is 0 Å². The van der Waals surface area contributed by atoms with E-state index in [1.54, 1.807) is 12.1 Å². The van der Waals surface area contributed by atoms with E-state index in [2.05, 4.69) is 0 Å². The summed E-state index contributed by atoms with van der Waals surface area (Å²) in [6.07, 6.45) is -1.81. The maximum atomic E-state index is 12.6. The molecule has 14 heavy (non-hydrogen) atoms. The van der Waals surface area contributed by atoms with Crippen molar-refractivity contribution in [1.82, 2.24) is 0 Å². The van der Waals surface area contributed by atoms with E-state index in [9.17, 15) is 13.9 Å². The number of ether oxygens (including phenoxy) is 1. The molecule has 0 amide bonds. The molecule has 1 aromatic rings. The second-order valence-electron chi connectivity index (χ2n) is 2.67. The van der Waals surface area contributed by atoms with Gasteiger partial charge in [0.1, 0.15) is 18.2 Å². The van der Waals surface area contributed by atoms with Crippen molar-refractivity contribution in [2.45, 2.75) is 6.10 Å². The van der Waals surface area contributed by atoms with Gasteiger partial charge < -0.3 is 9.84 Å². The van der Waals surface area contributed by atoms with Crippen molar-refractivity contribution in [3.05, 3.63) is 42.0 Å². The Hall–Kier alpha value is -1.42. The first-order valence-corrected chi connectivity index (χ1v) is 3.97. The zero-order valence-corrected chi connectivity index (χ0v) is 7.58. The van der Waals surface area contributed by atoms with Gasteiger partial charge in [0, 0.05) is 0 Å². The third-order valence-corrected chi connectivity index (χ3v) is 1.80. The van der Waals surface area contributed by atoms with Crippen LogP contribution in [0.2, 0.25) is 0 Å². The van der Waals surface area contributed by atoms with E-state index in [1.807, 2.05) is 0 Å². The minimum atomic E-state index is -1.55. The van der Waals surface area contributed by atoms with Crippen LogP contribution >= 0.6 is 0 Å². The number of aliphatic hydroxyl groups excluding tert-OH is 1. The van der Waals surface area contributed by atoms with E-state index in [1.165, 1.54) is 19.2 Å². The fraction of sp³-hybridized carbons (Fsp3) is 0.200. The van der Waals surface area contributed by atoms with Crippen molar-refractivity contribution < 1.29 is 18.6 Å². The molecule has 1 aromatic carbocycles. The highest BCUT2D eigenvalue weighted by molar-refractivity contribution is 5.30. The quantitative estimate of drug-likeness (QED) is 0.812. The Balaban J connectivity index is 2.86. The van der Waals surface area contributed by atoms with Gasteiger partial charge in [-0.05, 0) is 17.7 Å². The molecule has 0 saturated carbocycles. The highest BCUT2D eigenvalue weighted by atomic mass is 19.2. The lowest BCUT2D eigenvalue weighted by atomic mass is 10.1. The van der Waals surface area contributed by atoms with E-state index in [0.29, 0.717) is 5.75 Å². The lowest BCUT2D eigenvalue weighted by Gasteiger charge is -2.08. The van der Waals surface area contributed by atoms with E-state index in [-0.39, 0.29) is 11.9 Å². The van der Waals surface area contributed by atoms with Crippen LogP contribution in [0.1, 0.15) is 11.7 Å². The molecule has 1 rings (SSSR count). The number of halogens is 2. The molecule has 0 bridgehead atoms. The molecule has 76 valence electrons. The molecule has 0 aliphatic heterocycles. The highest BCUT2D eigenvalue weighted by Crippen LogP contribution is 2.24. The average molecular weight is 200 g/mol. The zero-order chi connectivity index (χ0) is 10.6. The van der Waals surface area contributed by atoms with Gasteiger partial charge in [0.05, 0.1) is 7.11 Å². The van der Waals surface area contributed by atoms with E-state index >= 15 is 0 Å². The smallest absolute Gasteiger partial charge is 0.161 e. The van der Waals surface area contributed by atoms with Gasteiger partial charge in [0.15, 0.2) is 5.83 Å². The van der Waals surface area contributed by atoms with Crippen LogP contribution in [-0.4, -0.2) is 12.2 Å². The van der Waals surface area contributed by atoms with Crippen molar-refractivity contribution in [2.75, 3.05) is 7.11 Å². The average Bonchev–Trinajstić information content (AvgIpc) is 2.27. The number of aliphatic hydroxyl groups is 1. The van der Waals surface area contributed by atoms with E-state index in [4.69, 9.17) is 4.74 Å².